The number of pyridine rings is 1. The van der Waals surface area contributed by atoms with Crippen molar-refractivity contribution in [2.24, 2.45) is 11.3 Å². The number of hydrogen-bond donors (Lipinski definition) is 2. The Bertz CT molecular complexity index is 495. The normalized spacial score (nSPS) is 28.4. The number of nitrogens with zero attached hydrogens (tertiary/aromatic N) is 1. The maximum atomic E-state index is 6.16. The van der Waals surface area contributed by atoms with Crippen LogP contribution in [-0.2, 0) is 0 Å². The van der Waals surface area contributed by atoms with Gasteiger partial charge in [0, 0.05) is 12.6 Å². The van der Waals surface area contributed by atoms with Crippen LogP contribution in [0.15, 0.2) is 18.3 Å². The van der Waals surface area contributed by atoms with Gasteiger partial charge in [-0.15, -0.1) is 0 Å². The topological polar surface area (TPSA) is 46.2 Å². The van der Waals surface area contributed by atoms with E-state index in [1.165, 1.54) is 25.7 Å². The third-order valence-corrected chi connectivity index (χ3v) is 5.59. The summed E-state index contributed by atoms with van der Waals surface area (Å²) in [7, 11) is 0. The summed E-state index contributed by atoms with van der Waals surface area (Å²) in [5, 5.41) is 6.92. The Balaban J connectivity index is 1.46. The minimum absolute atomic E-state index is 0.353. The van der Waals surface area contributed by atoms with Crippen molar-refractivity contribution in [1.29, 1.82) is 0 Å². The molecule has 134 valence electrons. The van der Waals surface area contributed by atoms with Gasteiger partial charge in [0.2, 0.25) is 0 Å². The molecule has 1 aromatic heterocycles. The highest BCUT2D eigenvalue weighted by atomic mass is 16.5. The minimum atomic E-state index is 0.353. The molecule has 2 N–H and O–H groups in total. The van der Waals surface area contributed by atoms with E-state index in [9.17, 15) is 0 Å². The molecule has 1 saturated heterocycles. The van der Waals surface area contributed by atoms with Gasteiger partial charge in [0.05, 0.1) is 12.3 Å². The van der Waals surface area contributed by atoms with Crippen LogP contribution in [0.25, 0.3) is 0 Å². The van der Waals surface area contributed by atoms with E-state index in [1.54, 1.807) is 0 Å². The molecule has 0 aromatic carbocycles. The molecule has 2 fully saturated rings. The predicted octanol–water partition coefficient (Wildman–Crippen LogP) is 4.23. The summed E-state index contributed by atoms with van der Waals surface area (Å²) >= 11 is 0. The third-order valence-electron chi connectivity index (χ3n) is 5.59. The quantitative estimate of drug-likeness (QED) is 0.867. The van der Waals surface area contributed by atoms with Crippen LogP contribution in [0.3, 0.4) is 0 Å². The van der Waals surface area contributed by atoms with E-state index in [1.807, 2.05) is 12.3 Å². The van der Waals surface area contributed by atoms with Crippen molar-refractivity contribution in [3.05, 3.63) is 18.3 Å². The fraction of sp³-hybridized carbons (Fsp3) is 0.750. The SMILES string of the molecule is CC(C)(C)C1CCC(Oc2ccc(NC3CCCNC3)nc2)CC1. The van der Waals surface area contributed by atoms with Gasteiger partial charge in [-0.3, -0.25) is 0 Å². The monoisotopic (exact) mass is 331 g/mol. The molecule has 3 rings (SSSR count). The Morgan fingerprint density at radius 2 is 1.92 bits per heavy atom. The molecule has 1 aromatic rings. The fourth-order valence-corrected chi connectivity index (χ4v) is 3.96. The number of piperidine rings is 1. The zero-order valence-corrected chi connectivity index (χ0v) is 15.5. The summed E-state index contributed by atoms with van der Waals surface area (Å²) in [6.07, 6.45) is 9.54. The molecular weight excluding hydrogens is 298 g/mol. The molecule has 0 amide bonds. The van der Waals surface area contributed by atoms with Crippen molar-refractivity contribution >= 4 is 5.82 Å². The molecule has 1 aliphatic carbocycles. The van der Waals surface area contributed by atoms with Crippen molar-refractivity contribution in [1.82, 2.24) is 10.3 Å². The number of ether oxygens (including phenoxy) is 1. The largest absolute Gasteiger partial charge is 0.489 e. The lowest BCUT2D eigenvalue weighted by atomic mass is 9.72. The number of aromatic nitrogens is 1. The van der Waals surface area contributed by atoms with Gasteiger partial charge in [0.25, 0.3) is 0 Å². The van der Waals surface area contributed by atoms with Crippen LogP contribution in [-0.4, -0.2) is 30.2 Å². The van der Waals surface area contributed by atoms with Gasteiger partial charge in [0.1, 0.15) is 11.6 Å². The van der Waals surface area contributed by atoms with Gasteiger partial charge in [0.15, 0.2) is 0 Å². The van der Waals surface area contributed by atoms with Gasteiger partial charge in [-0.1, -0.05) is 20.8 Å². The molecule has 4 nitrogen and oxygen atoms in total. The van der Waals surface area contributed by atoms with Gasteiger partial charge >= 0.3 is 0 Å². The molecule has 1 atom stereocenters. The van der Waals surface area contributed by atoms with E-state index < -0.39 is 0 Å². The second-order valence-electron chi connectivity index (χ2n) is 8.52. The van der Waals surface area contributed by atoms with Crippen molar-refractivity contribution in [3.8, 4) is 5.75 Å². The summed E-state index contributed by atoms with van der Waals surface area (Å²) in [5.41, 5.74) is 0.424. The molecule has 4 heteroatoms. The molecule has 2 heterocycles. The van der Waals surface area contributed by atoms with Crippen molar-refractivity contribution < 1.29 is 4.74 Å². The summed E-state index contributed by atoms with van der Waals surface area (Å²) in [5.74, 6) is 2.68. The zero-order chi connectivity index (χ0) is 17.0. The Hall–Kier alpha value is -1.29. The van der Waals surface area contributed by atoms with E-state index in [0.29, 0.717) is 17.6 Å². The van der Waals surface area contributed by atoms with Crippen LogP contribution >= 0.6 is 0 Å². The predicted molar refractivity (Wildman–Crippen MR) is 99.6 cm³/mol. The highest BCUT2D eigenvalue weighted by Crippen LogP contribution is 2.38. The molecule has 0 radical (unpaired) electrons. The molecule has 0 spiro atoms. The summed E-state index contributed by atoms with van der Waals surface area (Å²) < 4.78 is 6.16. The Morgan fingerprint density at radius 3 is 2.50 bits per heavy atom. The maximum Gasteiger partial charge on any atom is 0.138 e. The van der Waals surface area contributed by atoms with E-state index in [0.717, 1.165) is 43.4 Å². The van der Waals surface area contributed by atoms with Gasteiger partial charge in [-0.2, -0.15) is 0 Å². The minimum Gasteiger partial charge on any atom is -0.489 e. The van der Waals surface area contributed by atoms with Crippen LogP contribution in [0.1, 0.15) is 59.3 Å². The third kappa shape index (κ3) is 4.85. The lowest BCUT2D eigenvalue weighted by Crippen LogP contribution is -2.38. The van der Waals surface area contributed by atoms with Crippen LogP contribution < -0.4 is 15.4 Å². The number of anilines is 1. The number of nitrogens with one attached hydrogen (secondary N) is 2. The molecule has 0 bridgehead atoms. The standard InChI is InChI=1S/C20H33N3O/c1-20(2,3)15-6-8-17(9-7-15)24-18-10-11-19(22-14-18)23-16-5-4-12-21-13-16/h10-11,14-17,21H,4-9,12-13H2,1-3H3,(H,22,23). The summed E-state index contributed by atoms with van der Waals surface area (Å²) in [6, 6.07) is 4.59. The van der Waals surface area contributed by atoms with E-state index in [4.69, 9.17) is 4.74 Å². The second-order valence-corrected chi connectivity index (χ2v) is 8.52. The Labute approximate surface area is 146 Å². The molecule has 1 aliphatic heterocycles. The number of hydrogen-bond acceptors (Lipinski definition) is 4. The molecule has 2 aliphatic rings. The first-order chi connectivity index (χ1) is 11.5. The highest BCUT2D eigenvalue weighted by Gasteiger charge is 2.30. The second kappa shape index (κ2) is 7.73. The average Bonchev–Trinajstić information content (AvgIpc) is 2.57. The van der Waals surface area contributed by atoms with Crippen molar-refractivity contribution in [2.45, 2.75) is 71.4 Å². The summed E-state index contributed by atoms with van der Waals surface area (Å²) in [6.45, 7) is 9.23. The van der Waals surface area contributed by atoms with E-state index in [-0.39, 0.29) is 0 Å². The average molecular weight is 332 g/mol. The maximum absolute atomic E-state index is 6.16. The molecule has 24 heavy (non-hydrogen) atoms. The Kier molecular flexibility index (Phi) is 5.65. The van der Waals surface area contributed by atoms with Gasteiger partial charge in [-0.05, 0) is 68.5 Å². The van der Waals surface area contributed by atoms with Gasteiger partial charge < -0.3 is 15.4 Å². The van der Waals surface area contributed by atoms with Crippen LogP contribution in [0.2, 0.25) is 0 Å². The number of rotatable bonds is 4. The zero-order valence-electron chi connectivity index (χ0n) is 15.5. The van der Waals surface area contributed by atoms with Crippen LogP contribution in [0.4, 0.5) is 5.82 Å². The molecular formula is C20H33N3O. The van der Waals surface area contributed by atoms with Crippen molar-refractivity contribution in [3.63, 3.8) is 0 Å². The molecule has 1 saturated carbocycles. The fourth-order valence-electron chi connectivity index (χ4n) is 3.96. The van der Waals surface area contributed by atoms with E-state index >= 15 is 0 Å². The van der Waals surface area contributed by atoms with Crippen LogP contribution in [0.5, 0.6) is 5.75 Å². The first-order valence-corrected chi connectivity index (χ1v) is 9.60. The van der Waals surface area contributed by atoms with Gasteiger partial charge in [-0.25, -0.2) is 4.98 Å². The lowest BCUT2D eigenvalue weighted by molar-refractivity contribution is 0.0880. The molecule has 1 unspecified atom stereocenters. The van der Waals surface area contributed by atoms with E-state index in [2.05, 4.69) is 42.5 Å². The Morgan fingerprint density at radius 1 is 1.12 bits per heavy atom. The summed E-state index contributed by atoms with van der Waals surface area (Å²) in [4.78, 5) is 4.53. The lowest BCUT2D eigenvalue weighted by Gasteiger charge is -2.36. The van der Waals surface area contributed by atoms with Crippen molar-refractivity contribution in [2.75, 3.05) is 18.4 Å². The highest BCUT2D eigenvalue weighted by molar-refractivity contribution is 5.38. The smallest absolute Gasteiger partial charge is 0.138 e. The first-order valence-electron chi connectivity index (χ1n) is 9.60. The van der Waals surface area contributed by atoms with Crippen LogP contribution in [0, 0.1) is 11.3 Å². The first kappa shape index (κ1) is 17.5.